The number of nitrogens with zero attached hydrogens (tertiary/aromatic N) is 1. The highest BCUT2D eigenvalue weighted by atomic mass is 35.5. The number of hydrogen-bond acceptors (Lipinski definition) is 3. The number of benzene rings is 1. The lowest BCUT2D eigenvalue weighted by molar-refractivity contribution is -0.116. The predicted molar refractivity (Wildman–Crippen MR) is 74.4 cm³/mol. The second-order valence-electron chi connectivity index (χ2n) is 3.79. The van der Waals surface area contributed by atoms with Crippen molar-refractivity contribution in [1.29, 1.82) is 0 Å². The minimum atomic E-state index is -0.184. The van der Waals surface area contributed by atoms with Crippen LogP contribution in [-0.4, -0.2) is 17.5 Å². The highest BCUT2D eigenvalue weighted by molar-refractivity contribution is 6.33. The molecule has 0 aliphatic carbocycles. The summed E-state index contributed by atoms with van der Waals surface area (Å²) in [6, 6.07) is 12.7. The van der Waals surface area contributed by atoms with Gasteiger partial charge in [-0.25, -0.2) is 4.98 Å². The van der Waals surface area contributed by atoms with Gasteiger partial charge in [-0.3, -0.25) is 4.79 Å². The molecule has 2 rings (SSSR count). The third kappa shape index (κ3) is 4.26. The normalized spacial score (nSPS) is 9.95. The topological polar surface area (TPSA) is 51.2 Å². The Balaban J connectivity index is 1.78. The Hall–Kier alpha value is -2.07. The van der Waals surface area contributed by atoms with Crippen LogP contribution >= 0.6 is 11.6 Å². The second-order valence-corrected chi connectivity index (χ2v) is 4.20. The summed E-state index contributed by atoms with van der Waals surface area (Å²) in [5.74, 6) is 0.927. The van der Waals surface area contributed by atoms with Gasteiger partial charge in [-0.15, -0.1) is 0 Å². The quantitative estimate of drug-likeness (QED) is 0.913. The predicted octanol–water partition coefficient (Wildman–Crippen LogP) is 3.14. The number of amides is 1. The van der Waals surface area contributed by atoms with Gasteiger partial charge >= 0.3 is 0 Å². The molecule has 0 aliphatic heterocycles. The number of para-hydroxylation sites is 1. The Morgan fingerprint density at radius 3 is 2.74 bits per heavy atom. The molecule has 1 aromatic heterocycles. The van der Waals surface area contributed by atoms with Crippen molar-refractivity contribution in [1.82, 2.24) is 4.98 Å². The molecule has 0 unspecified atom stereocenters. The van der Waals surface area contributed by atoms with Gasteiger partial charge in [0.05, 0.1) is 18.1 Å². The average molecular weight is 277 g/mol. The molecular formula is C14H13ClN2O2. The lowest BCUT2D eigenvalue weighted by Gasteiger charge is -2.07. The summed E-state index contributed by atoms with van der Waals surface area (Å²) in [7, 11) is 0. The van der Waals surface area contributed by atoms with E-state index in [1.165, 1.54) is 0 Å². The van der Waals surface area contributed by atoms with Crippen LogP contribution in [0.15, 0.2) is 48.7 Å². The molecule has 0 radical (unpaired) electrons. The summed E-state index contributed by atoms with van der Waals surface area (Å²) in [6.45, 7) is 0.306. The molecule has 0 atom stereocenters. The Labute approximate surface area is 116 Å². The van der Waals surface area contributed by atoms with E-state index in [4.69, 9.17) is 16.3 Å². The van der Waals surface area contributed by atoms with Crippen LogP contribution in [0.3, 0.4) is 0 Å². The molecule has 1 N–H and O–H groups in total. The number of hydrogen-bond donors (Lipinski definition) is 1. The van der Waals surface area contributed by atoms with Crippen LogP contribution in [0.1, 0.15) is 6.42 Å². The van der Waals surface area contributed by atoms with Crippen molar-refractivity contribution in [2.45, 2.75) is 6.42 Å². The van der Waals surface area contributed by atoms with Crippen LogP contribution in [0.4, 0.5) is 5.82 Å². The molecule has 0 aliphatic rings. The van der Waals surface area contributed by atoms with Crippen molar-refractivity contribution in [3.05, 3.63) is 53.7 Å². The van der Waals surface area contributed by atoms with Crippen LogP contribution in [-0.2, 0) is 4.79 Å². The fraction of sp³-hybridized carbons (Fsp3) is 0.143. The number of rotatable bonds is 5. The van der Waals surface area contributed by atoms with Crippen molar-refractivity contribution < 1.29 is 9.53 Å². The summed E-state index contributed by atoms with van der Waals surface area (Å²) in [4.78, 5) is 15.6. The fourth-order valence-electron chi connectivity index (χ4n) is 1.45. The molecular weight excluding hydrogens is 264 g/mol. The summed E-state index contributed by atoms with van der Waals surface area (Å²) < 4.78 is 5.43. The van der Waals surface area contributed by atoms with Crippen molar-refractivity contribution in [2.75, 3.05) is 11.9 Å². The molecule has 0 bridgehead atoms. The van der Waals surface area contributed by atoms with Gasteiger partial charge in [0.25, 0.3) is 0 Å². The zero-order chi connectivity index (χ0) is 13.5. The van der Waals surface area contributed by atoms with Gasteiger partial charge in [-0.2, -0.15) is 0 Å². The molecule has 0 spiro atoms. The largest absolute Gasteiger partial charge is 0.493 e. The molecule has 0 saturated carbocycles. The second kappa shape index (κ2) is 6.75. The number of halogens is 1. The molecule has 0 saturated heterocycles. The Morgan fingerprint density at radius 1 is 1.21 bits per heavy atom. The van der Waals surface area contributed by atoms with Crippen LogP contribution in [0.5, 0.6) is 5.75 Å². The minimum Gasteiger partial charge on any atom is -0.493 e. The third-order valence-corrected chi connectivity index (χ3v) is 2.66. The first-order valence-electron chi connectivity index (χ1n) is 5.84. The number of pyridine rings is 1. The summed E-state index contributed by atoms with van der Waals surface area (Å²) in [5, 5.41) is 3.05. The maximum atomic E-state index is 11.7. The van der Waals surface area contributed by atoms with E-state index >= 15 is 0 Å². The van der Waals surface area contributed by atoms with Gasteiger partial charge in [0, 0.05) is 6.20 Å². The third-order valence-electron chi connectivity index (χ3n) is 2.36. The fourth-order valence-corrected chi connectivity index (χ4v) is 1.62. The van der Waals surface area contributed by atoms with E-state index in [9.17, 15) is 4.79 Å². The van der Waals surface area contributed by atoms with Crippen molar-refractivity contribution in [3.8, 4) is 5.75 Å². The van der Waals surface area contributed by atoms with Gasteiger partial charge in [0.15, 0.2) is 5.82 Å². The minimum absolute atomic E-state index is 0.184. The maximum Gasteiger partial charge on any atom is 0.228 e. The highest BCUT2D eigenvalue weighted by Crippen LogP contribution is 2.17. The SMILES string of the molecule is O=C(CCOc1ccccc1)Nc1ncccc1Cl. The van der Waals surface area contributed by atoms with Crippen LogP contribution in [0.25, 0.3) is 0 Å². The van der Waals surface area contributed by atoms with Gasteiger partial charge in [0.1, 0.15) is 5.75 Å². The Morgan fingerprint density at radius 2 is 2.00 bits per heavy atom. The van der Waals surface area contributed by atoms with Crippen LogP contribution < -0.4 is 10.1 Å². The molecule has 4 nitrogen and oxygen atoms in total. The first-order valence-corrected chi connectivity index (χ1v) is 6.22. The van der Waals surface area contributed by atoms with Crippen LogP contribution in [0.2, 0.25) is 5.02 Å². The maximum absolute atomic E-state index is 11.7. The summed E-state index contributed by atoms with van der Waals surface area (Å²) in [5.41, 5.74) is 0. The van der Waals surface area contributed by atoms with Gasteiger partial charge in [-0.05, 0) is 24.3 Å². The lowest BCUT2D eigenvalue weighted by atomic mass is 10.3. The molecule has 1 heterocycles. The number of carbonyl (C=O) groups is 1. The smallest absolute Gasteiger partial charge is 0.228 e. The molecule has 0 fully saturated rings. The molecule has 19 heavy (non-hydrogen) atoms. The zero-order valence-corrected chi connectivity index (χ0v) is 10.9. The van der Waals surface area contributed by atoms with Gasteiger partial charge < -0.3 is 10.1 Å². The summed E-state index contributed by atoms with van der Waals surface area (Å²) >= 11 is 5.89. The number of nitrogens with one attached hydrogen (secondary N) is 1. The van der Waals surface area contributed by atoms with E-state index in [0.717, 1.165) is 5.75 Å². The lowest BCUT2D eigenvalue weighted by Crippen LogP contribution is -2.16. The highest BCUT2D eigenvalue weighted by Gasteiger charge is 2.06. The van der Waals surface area contributed by atoms with Gasteiger partial charge in [0.2, 0.25) is 5.91 Å². The van der Waals surface area contributed by atoms with E-state index < -0.39 is 0 Å². The Bertz CT molecular complexity index is 546. The Kier molecular flexibility index (Phi) is 4.75. The number of carbonyl (C=O) groups excluding carboxylic acids is 1. The molecule has 1 aromatic carbocycles. The van der Waals surface area contributed by atoms with E-state index in [-0.39, 0.29) is 12.3 Å². The van der Waals surface area contributed by atoms with E-state index in [0.29, 0.717) is 17.4 Å². The van der Waals surface area contributed by atoms with Crippen molar-refractivity contribution in [3.63, 3.8) is 0 Å². The van der Waals surface area contributed by atoms with Crippen molar-refractivity contribution >= 4 is 23.3 Å². The summed E-state index contributed by atoms with van der Waals surface area (Å²) in [6.07, 6.45) is 1.81. The molecule has 2 aromatic rings. The number of aromatic nitrogens is 1. The van der Waals surface area contributed by atoms with Gasteiger partial charge in [-0.1, -0.05) is 29.8 Å². The average Bonchev–Trinajstić information content (AvgIpc) is 2.43. The van der Waals surface area contributed by atoms with E-state index in [1.54, 1.807) is 18.3 Å². The number of anilines is 1. The molecule has 5 heteroatoms. The van der Waals surface area contributed by atoms with Crippen LogP contribution in [0, 0.1) is 0 Å². The number of ether oxygens (including phenoxy) is 1. The van der Waals surface area contributed by atoms with E-state index in [2.05, 4.69) is 10.3 Å². The zero-order valence-electron chi connectivity index (χ0n) is 10.2. The standard InChI is InChI=1S/C14H13ClN2O2/c15-12-7-4-9-16-14(12)17-13(18)8-10-19-11-5-2-1-3-6-11/h1-7,9H,8,10H2,(H,16,17,18). The van der Waals surface area contributed by atoms with E-state index in [1.807, 2.05) is 30.3 Å². The first-order chi connectivity index (χ1) is 9.25. The molecule has 1 amide bonds. The van der Waals surface area contributed by atoms with Crippen molar-refractivity contribution in [2.24, 2.45) is 0 Å². The monoisotopic (exact) mass is 276 g/mol. The first kappa shape index (κ1) is 13.4. The molecule has 98 valence electrons.